The summed E-state index contributed by atoms with van der Waals surface area (Å²) in [5.41, 5.74) is 3.92. The van der Waals surface area contributed by atoms with Crippen LogP contribution in [0.3, 0.4) is 0 Å². The summed E-state index contributed by atoms with van der Waals surface area (Å²) in [7, 11) is -3.89. The molecule has 0 saturated carbocycles. The van der Waals surface area contributed by atoms with Crippen LogP contribution in [-0.4, -0.2) is 33.3 Å². The average Bonchev–Trinajstić information content (AvgIpc) is 2.97. The van der Waals surface area contributed by atoms with Crippen molar-refractivity contribution < 1.29 is 8.42 Å². The molecule has 0 saturated heterocycles. The number of H-pyrrole nitrogens is 1. The highest BCUT2D eigenvalue weighted by molar-refractivity contribution is 7.89. The topological polar surface area (TPSA) is 131 Å². The molecule has 2 N–H and O–H groups in total. The first kappa shape index (κ1) is 25.8. The van der Waals surface area contributed by atoms with Gasteiger partial charge in [-0.25, -0.2) is 23.1 Å². The number of sulfonamides is 1. The summed E-state index contributed by atoms with van der Waals surface area (Å²) < 4.78 is 28.0. The standard InChI is InChI=1S/C29H21ClN6O3S/c1-17-9-10-22(16-32-17)40(38,39)34-15-21-14-33-29-27(28(21)37)35-26(25(36-29)18-6-3-2-4-7-18)20-12-19-8-5-11-31-24(19)23(30)13-20/h2-14,16,34H,15H2,1H3,(H,33,36,37). The number of aromatic amines is 1. The van der Waals surface area contributed by atoms with Gasteiger partial charge in [-0.15, -0.1) is 0 Å². The van der Waals surface area contributed by atoms with Crippen molar-refractivity contribution >= 4 is 43.7 Å². The third-order valence-corrected chi connectivity index (χ3v) is 8.09. The van der Waals surface area contributed by atoms with Gasteiger partial charge in [0.2, 0.25) is 15.5 Å². The van der Waals surface area contributed by atoms with E-state index in [1.807, 2.05) is 48.5 Å². The average molecular weight is 569 g/mol. The van der Waals surface area contributed by atoms with Crippen molar-refractivity contribution in [2.24, 2.45) is 0 Å². The maximum absolute atomic E-state index is 13.5. The van der Waals surface area contributed by atoms with Crippen LogP contribution in [0.1, 0.15) is 11.3 Å². The van der Waals surface area contributed by atoms with E-state index in [9.17, 15) is 13.2 Å². The summed E-state index contributed by atoms with van der Waals surface area (Å²) in [5, 5.41) is 1.25. The third kappa shape index (κ3) is 4.84. The van der Waals surface area contributed by atoms with Crippen LogP contribution in [0.4, 0.5) is 0 Å². The van der Waals surface area contributed by atoms with Gasteiger partial charge in [0.1, 0.15) is 4.90 Å². The number of halogens is 1. The zero-order valence-electron chi connectivity index (χ0n) is 21.1. The molecule has 6 aromatic rings. The summed E-state index contributed by atoms with van der Waals surface area (Å²) in [6.45, 7) is 1.52. The number of hydrogen-bond acceptors (Lipinski definition) is 7. The maximum Gasteiger partial charge on any atom is 0.242 e. The number of rotatable bonds is 6. The van der Waals surface area contributed by atoms with Crippen LogP contribution in [0.25, 0.3) is 44.6 Å². The number of aryl methyl sites for hydroxylation is 1. The van der Waals surface area contributed by atoms with Gasteiger partial charge in [0, 0.05) is 52.9 Å². The number of benzene rings is 2. The molecule has 0 fully saturated rings. The van der Waals surface area contributed by atoms with Gasteiger partial charge in [-0.2, -0.15) is 0 Å². The van der Waals surface area contributed by atoms with Crippen LogP contribution in [0.5, 0.6) is 0 Å². The van der Waals surface area contributed by atoms with Crippen LogP contribution in [0.2, 0.25) is 5.02 Å². The quantitative estimate of drug-likeness (QED) is 0.288. The maximum atomic E-state index is 13.5. The molecule has 4 heterocycles. The van der Waals surface area contributed by atoms with Crippen molar-refractivity contribution in [1.82, 2.24) is 29.6 Å². The number of nitrogens with one attached hydrogen (secondary N) is 2. The van der Waals surface area contributed by atoms with Gasteiger partial charge in [0.05, 0.1) is 21.9 Å². The van der Waals surface area contributed by atoms with Crippen molar-refractivity contribution in [1.29, 1.82) is 0 Å². The Bertz CT molecular complexity index is 2070. The minimum atomic E-state index is -3.89. The molecule has 0 unspecified atom stereocenters. The fourth-order valence-electron chi connectivity index (χ4n) is 4.35. The highest BCUT2D eigenvalue weighted by atomic mass is 35.5. The Labute approximate surface area is 234 Å². The lowest BCUT2D eigenvalue weighted by molar-refractivity contribution is 0.580. The van der Waals surface area contributed by atoms with Gasteiger partial charge >= 0.3 is 0 Å². The zero-order valence-corrected chi connectivity index (χ0v) is 22.7. The van der Waals surface area contributed by atoms with E-state index in [1.165, 1.54) is 18.5 Å². The van der Waals surface area contributed by atoms with Crippen LogP contribution in [0, 0.1) is 6.92 Å². The lowest BCUT2D eigenvalue weighted by Gasteiger charge is -2.12. The van der Waals surface area contributed by atoms with E-state index in [0.717, 1.165) is 10.9 Å². The molecule has 9 nitrogen and oxygen atoms in total. The molecule has 0 aliphatic heterocycles. The Balaban J connectivity index is 1.47. The first-order valence-corrected chi connectivity index (χ1v) is 14.1. The Kier molecular flexibility index (Phi) is 6.59. The first-order valence-electron chi connectivity index (χ1n) is 12.2. The van der Waals surface area contributed by atoms with Gasteiger partial charge in [-0.1, -0.05) is 48.0 Å². The molecular weight excluding hydrogens is 548 g/mol. The van der Waals surface area contributed by atoms with E-state index in [4.69, 9.17) is 21.6 Å². The molecular formula is C29H21ClN6O3S. The van der Waals surface area contributed by atoms with Gasteiger partial charge in [-0.05, 0) is 37.3 Å². The van der Waals surface area contributed by atoms with Gasteiger partial charge in [-0.3, -0.25) is 14.8 Å². The predicted octanol–water partition coefficient (Wildman–Crippen LogP) is 5.04. The van der Waals surface area contributed by atoms with Crippen molar-refractivity contribution in [2.75, 3.05) is 0 Å². The summed E-state index contributed by atoms with van der Waals surface area (Å²) in [6.07, 6.45) is 4.39. The zero-order chi connectivity index (χ0) is 27.9. The van der Waals surface area contributed by atoms with E-state index >= 15 is 0 Å². The number of fused-ring (bicyclic) bond motifs is 2. The highest BCUT2D eigenvalue weighted by Crippen LogP contribution is 2.34. The number of pyridine rings is 3. The molecule has 0 amide bonds. The Morgan fingerprint density at radius 3 is 2.48 bits per heavy atom. The molecule has 0 aliphatic rings. The minimum absolute atomic E-state index is 0.00701. The van der Waals surface area contributed by atoms with Gasteiger partial charge in [0.25, 0.3) is 0 Å². The second kappa shape index (κ2) is 10.2. The molecule has 11 heteroatoms. The van der Waals surface area contributed by atoms with E-state index in [0.29, 0.717) is 33.2 Å². The molecule has 198 valence electrons. The highest BCUT2D eigenvalue weighted by Gasteiger charge is 2.19. The monoisotopic (exact) mass is 568 g/mol. The lowest BCUT2D eigenvalue weighted by atomic mass is 10.0. The van der Waals surface area contributed by atoms with E-state index in [-0.39, 0.29) is 28.2 Å². The molecule has 0 aliphatic carbocycles. The third-order valence-electron chi connectivity index (χ3n) is 6.41. The molecule has 0 radical (unpaired) electrons. The van der Waals surface area contributed by atoms with Crippen LogP contribution < -0.4 is 10.2 Å². The molecule has 4 aromatic heterocycles. The second-order valence-electron chi connectivity index (χ2n) is 9.12. The van der Waals surface area contributed by atoms with Crippen LogP contribution >= 0.6 is 11.6 Å². The summed E-state index contributed by atoms with van der Waals surface area (Å²) >= 11 is 6.58. The van der Waals surface area contributed by atoms with Gasteiger partial charge < -0.3 is 4.98 Å². The molecule has 0 atom stereocenters. The Morgan fingerprint density at radius 2 is 1.70 bits per heavy atom. The van der Waals surface area contributed by atoms with E-state index in [2.05, 4.69) is 19.7 Å². The SMILES string of the molecule is Cc1ccc(S(=O)(=O)NCc2c[nH]c3nc(-c4ccccc4)c(-c4cc(Cl)c5ncccc5c4)nc3c2=O)cn1. The number of hydrogen-bond donors (Lipinski definition) is 2. The largest absolute Gasteiger partial charge is 0.344 e. The summed E-state index contributed by atoms with van der Waals surface area (Å²) in [6, 6.07) is 19.9. The number of aromatic nitrogens is 5. The number of nitrogens with zero attached hydrogens (tertiary/aromatic N) is 4. The second-order valence-corrected chi connectivity index (χ2v) is 11.3. The van der Waals surface area contributed by atoms with E-state index < -0.39 is 15.5 Å². The van der Waals surface area contributed by atoms with Gasteiger partial charge in [0.15, 0.2) is 11.2 Å². The summed E-state index contributed by atoms with van der Waals surface area (Å²) in [4.78, 5) is 34.5. The Hall–Kier alpha value is -4.51. The van der Waals surface area contributed by atoms with Crippen molar-refractivity contribution in [3.05, 3.63) is 112 Å². The summed E-state index contributed by atoms with van der Waals surface area (Å²) in [5.74, 6) is 0. The smallest absolute Gasteiger partial charge is 0.242 e. The molecule has 0 spiro atoms. The minimum Gasteiger partial charge on any atom is -0.344 e. The first-order chi connectivity index (χ1) is 19.3. The molecule has 2 aromatic carbocycles. The van der Waals surface area contributed by atoms with E-state index in [1.54, 1.807) is 25.3 Å². The lowest BCUT2D eigenvalue weighted by Crippen LogP contribution is -2.27. The van der Waals surface area contributed by atoms with Crippen molar-refractivity contribution in [3.8, 4) is 22.5 Å². The molecule has 40 heavy (non-hydrogen) atoms. The Morgan fingerprint density at radius 1 is 0.900 bits per heavy atom. The van der Waals surface area contributed by atoms with Crippen LogP contribution in [-0.2, 0) is 16.6 Å². The van der Waals surface area contributed by atoms with Crippen molar-refractivity contribution in [3.63, 3.8) is 0 Å². The fraction of sp³-hybridized carbons (Fsp3) is 0.0690. The fourth-order valence-corrected chi connectivity index (χ4v) is 5.58. The predicted molar refractivity (Wildman–Crippen MR) is 154 cm³/mol. The van der Waals surface area contributed by atoms with Crippen LogP contribution in [0.15, 0.2) is 95.0 Å². The van der Waals surface area contributed by atoms with Crippen molar-refractivity contribution in [2.45, 2.75) is 18.4 Å². The molecule has 0 bridgehead atoms. The molecule has 6 rings (SSSR count). The normalized spacial score (nSPS) is 11.8.